The van der Waals surface area contributed by atoms with Gasteiger partial charge in [-0.25, -0.2) is 4.68 Å². The van der Waals surface area contributed by atoms with Crippen LogP contribution in [0.4, 0.5) is 5.69 Å². The van der Waals surface area contributed by atoms with Crippen LogP contribution in [0.5, 0.6) is 0 Å². The zero-order valence-corrected chi connectivity index (χ0v) is 14.3. The maximum absolute atomic E-state index is 12.6. The molecule has 1 amide bonds. The van der Waals surface area contributed by atoms with Crippen LogP contribution in [0.1, 0.15) is 27.4 Å². The van der Waals surface area contributed by atoms with Crippen LogP contribution in [-0.2, 0) is 6.54 Å². The van der Waals surface area contributed by atoms with Crippen LogP contribution in [0, 0.1) is 24.0 Å². The lowest BCUT2D eigenvalue weighted by Crippen LogP contribution is -2.24. The fourth-order valence-electron chi connectivity index (χ4n) is 2.70. The summed E-state index contributed by atoms with van der Waals surface area (Å²) < 4.78 is 1.61. The SMILES string of the molecule is Cc1nn(-c2ccc([N+](=O)[O-])cc2)c(C)c1C(=O)NCc1ccccn1. The molecule has 0 unspecified atom stereocenters. The van der Waals surface area contributed by atoms with E-state index in [1.165, 1.54) is 12.1 Å². The number of nitro groups is 1. The number of hydrogen-bond donors (Lipinski definition) is 1. The molecule has 3 rings (SSSR count). The van der Waals surface area contributed by atoms with Gasteiger partial charge in [0.25, 0.3) is 11.6 Å². The van der Waals surface area contributed by atoms with Gasteiger partial charge in [-0.3, -0.25) is 19.9 Å². The summed E-state index contributed by atoms with van der Waals surface area (Å²) in [5, 5.41) is 18.0. The van der Waals surface area contributed by atoms with Crippen molar-refractivity contribution in [2.45, 2.75) is 20.4 Å². The molecular formula is C18H17N5O3. The summed E-state index contributed by atoms with van der Waals surface area (Å²) in [6.45, 7) is 3.86. The van der Waals surface area contributed by atoms with Crippen molar-refractivity contribution in [2.24, 2.45) is 0 Å². The smallest absolute Gasteiger partial charge is 0.269 e. The highest BCUT2D eigenvalue weighted by molar-refractivity contribution is 5.96. The summed E-state index contributed by atoms with van der Waals surface area (Å²) in [7, 11) is 0. The van der Waals surface area contributed by atoms with Gasteiger partial charge >= 0.3 is 0 Å². The minimum absolute atomic E-state index is 0.00334. The highest BCUT2D eigenvalue weighted by Gasteiger charge is 2.19. The number of rotatable bonds is 5. The van der Waals surface area contributed by atoms with E-state index in [2.05, 4.69) is 15.4 Å². The molecule has 0 spiro atoms. The average Bonchev–Trinajstić information content (AvgIpc) is 2.95. The topological polar surface area (TPSA) is 103 Å². The number of non-ortho nitro benzene ring substituents is 1. The molecule has 1 aromatic carbocycles. The summed E-state index contributed by atoms with van der Waals surface area (Å²) in [6.07, 6.45) is 1.67. The largest absolute Gasteiger partial charge is 0.346 e. The van der Waals surface area contributed by atoms with Gasteiger partial charge in [0.1, 0.15) is 0 Å². The van der Waals surface area contributed by atoms with E-state index < -0.39 is 4.92 Å². The van der Waals surface area contributed by atoms with E-state index in [-0.39, 0.29) is 11.6 Å². The molecule has 8 nitrogen and oxygen atoms in total. The molecule has 0 aliphatic rings. The van der Waals surface area contributed by atoms with Crippen molar-refractivity contribution in [2.75, 3.05) is 0 Å². The second-order valence-electron chi connectivity index (χ2n) is 5.73. The lowest BCUT2D eigenvalue weighted by molar-refractivity contribution is -0.384. The molecule has 8 heteroatoms. The summed E-state index contributed by atoms with van der Waals surface area (Å²) in [5.74, 6) is -0.237. The Hall–Kier alpha value is -3.55. The van der Waals surface area contributed by atoms with Gasteiger partial charge < -0.3 is 5.32 Å². The van der Waals surface area contributed by atoms with Gasteiger partial charge in [-0.05, 0) is 38.1 Å². The van der Waals surface area contributed by atoms with Crippen LogP contribution in [-0.4, -0.2) is 25.6 Å². The van der Waals surface area contributed by atoms with E-state index in [0.717, 1.165) is 5.69 Å². The quantitative estimate of drug-likeness (QED) is 0.562. The molecule has 2 aromatic heterocycles. The fraction of sp³-hybridized carbons (Fsp3) is 0.167. The number of amides is 1. The van der Waals surface area contributed by atoms with Gasteiger partial charge in [-0.1, -0.05) is 6.07 Å². The van der Waals surface area contributed by atoms with E-state index in [4.69, 9.17) is 0 Å². The zero-order chi connectivity index (χ0) is 18.7. The number of hydrogen-bond acceptors (Lipinski definition) is 5. The number of nitro benzene ring substituents is 1. The number of aromatic nitrogens is 3. The Labute approximate surface area is 149 Å². The van der Waals surface area contributed by atoms with Crippen LogP contribution < -0.4 is 5.32 Å². The van der Waals surface area contributed by atoms with Crippen molar-refractivity contribution in [3.05, 3.63) is 81.4 Å². The molecule has 3 aromatic rings. The summed E-state index contributed by atoms with van der Waals surface area (Å²) in [5.41, 5.74) is 3.15. The first-order valence-electron chi connectivity index (χ1n) is 7.96. The lowest BCUT2D eigenvalue weighted by Gasteiger charge is -2.06. The Morgan fingerprint density at radius 3 is 2.54 bits per heavy atom. The first-order valence-corrected chi connectivity index (χ1v) is 7.96. The number of nitrogens with one attached hydrogen (secondary N) is 1. The maximum Gasteiger partial charge on any atom is 0.269 e. The van der Waals surface area contributed by atoms with E-state index in [0.29, 0.717) is 29.2 Å². The standard InChI is InChI=1S/C18H17N5O3/c1-12-17(18(24)20-11-14-5-3-4-10-19-14)13(2)22(21-12)15-6-8-16(9-7-15)23(25)26/h3-10H,11H2,1-2H3,(H,20,24). The monoisotopic (exact) mass is 351 g/mol. The molecule has 0 atom stereocenters. The predicted molar refractivity (Wildman–Crippen MR) is 95.1 cm³/mol. The molecule has 0 radical (unpaired) electrons. The Bertz CT molecular complexity index is 949. The first-order chi connectivity index (χ1) is 12.5. The molecule has 0 aliphatic carbocycles. The van der Waals surface area contributed by atoms with Gasteiger partial charge in [0.05, 0.1) is 39.8 Å². The number of aryl methyl sites for hydroxylation is 1. The Morgan fingerprint density at radius 2 is 1.92 bits per heavy atom. The molecular weight excluding hydrogens is 334 g/mol. The minimum Gasteiger partial charge on any atom is -0.346 e. The van der Waals surface area contributed by atoms with Crippen molar-refractivity contribution in [3.63, 3.8) is 0 Å². The number of pyridine rings is 1. The van der Waals surface area contributed by atoms with E-state index >= 15 is 0 Å². The highest BCUT2D eigenvalue weighted by atomic mass is 16.6. The molecule has 0 aliphatic heterocycles. The zero-order valence-electron chi connectivity index (χ0n) is 14.3. The number of carbonyl (C=O) groups is 1. The van der Waals surface area contributed by atoms with Crippen molar-refractivity contribution in [1.29, 1.82) is 0 Å². The Kier molecular flexibility index (Phi) is 4.74. The van der Waals surface area contributed by atoms with Gasteiger partial charge in [0, 0.05) is 18.3 Å². The molecule has 0 saturated heterocycles. The van der Waals surface area contributed by atoms with Gasteiger partial charge in [-0.15, -0.1) is 0 Å². The third-order valence-electron chi connectivity index (χ3n) is 3.98. The molecule has 0 saturated carbocycles. The van der Waals surface area contributed by atoms with Gasteiger partial charge in [0.15, 0.2) is 0 Å². The van der Waals surface area contributed by atoms with Crippen molar-refractivity contribution in [3.8, 4) is 5.69 Å². The van der Waals surface area contributed by atoms with Gasteiger partial charge in [0.2, 0.25) is 0 Å². The minimum atomic E-state index is -0.457. The average molecular weight is 351 g/mol. The van der Waals surface area contributed by atoms with Gasteiger partial charge in [-0.2, -0.15) is 5.10 Å². The third-order valence-corrected chi connectivity index (χ3v) is 3.98. The number of nitrogens with zero attached hydrogens (tertiary/aromatic N) is 4. The van der Waals surface area contributed by atoms with E-state index in [1.54, 1.807) is 36.9 Å². The first kappa shape index (κ1) is 17.3. The highest BCUT2D eigenvalue weighted by Crippen LogP contribution is 2.20. The molecule has 1 N–H and O–H groups in total. The molecule has 2 heterocycles. The van der Waals surface area contributed by atoms with Crippen molar-refractivity contribution < 1.29 is 9.72 Å². The predicted octanol–water partition coefficient (Wildman–Crippen LogP) is 2.72. The van der Waals surface area contributed by atoms with Crippen molar-refractivity contribution >= 4 is 11.6 Å². The normalized spacial score (nSPS) is 10.5. The van der Waals surface area contributed by atoms with E-state index in [9.17, 15) is 14.9 Å². The van der Waals surface area contributed by atoms with Crippen LogP contribution in [0.25, 0.3) is 5.69 Å². The molecule has 26 heavy (non-hydrogen) atoms. The van der Waals surface area contributed by atoms with Crippen LogP contribution >= 0.6 is 0 Å². The Morgan fingerprint density at radius 1 is 1.19 bits per heavy atom. The second kappa shape index (κ2) is 7.14. The summed E-state index contributed by atoms with van der Waals surface area (Å²) in [4.78, 5) is 27.1. The second-order valence-corrected chi connectivity index (χ2v) is 5.73. The third kappa shape index (κ3) is 3.44. The summed E-state index contributed by atoms with van der Waals surface area (Å²) in [6, 6.07) is 11.5. The Balaban J connectivity index is 1.83. The van der Waals surface area contributed by atoms with Crippen LogP contribution in [0.3, 0.4) is 0 Å². The molecule has 0 bridgehead atoms. The molecule has 0 fully saturated rings. The maximum atomic E-state index is 12.6. The lowest BCUT2D eigenvalue weighted by atomic mass is 10.2. The van der Waals surface area contributed by atoms with E-state index in [1.807, 2.05) is 18.2 Å². The number of benzene rings is 1. The van der Waals surface area contributed by atoms with Crippen molar-refractivity contribution in [1.82, 2.24) is 20.1 Å². The fourth-order valence-corrected chi connectivity index (χ4v) is 2.70. The van der Waals surface area contributed by atoms with Crippen LogP contribution in [0.2, 0.25) is 0 Å². The molecule has 132 valence electrons. The number of carbonyl (C=O) groups excluding carboxylic acids is 1. The van der Waals surface area contributed by atoms with Crippen LogP contribution in [0.15, 0.2) is 48.7 Å². The summed E-state index contributed by atoms with van der Waals surface area (Å²) >= 11 is 0.